The van der Waals surface area contributed by atoms with E-state index < -0.39 is 0 Å². The quantitative estimate of drug-likeness (QED) is 0.846. The molecule has 2 heterocycles. The summed E-state index contributed by atoms with van der Waals surface area (Å²) in [6.07, 6.45) is 2.54. The van der Waals surface area contributed by atoms with E-state index in [2.05, 4.69) is 28.1 Å². The zero-order valence-corrected chi connectivity index (χ0v) is 12.0. The molecular formula is C15H14BrNO2. The van der Waals surface area contributed by atoms with Crippen LogP contribution in [-0.4, -0.2) is 23.9 Å². The number of amides is 1. The van der Waals surface area contributed by atoms with Gasteiger partial charge >= 0.3 is 0 Å². The van der Waals surface area contributed by atoms with Crippen LogP contribution in [0.2, 0.25) is 0 Å². The third-order valence-corrected chi connectivity index (χ3v) is 4.02. The zero-order chi connectivity index (χ0) is 13.2. The monoisotopic (exact) mass is 319 g/mol. The highest BCUT2D eigenvalue weighted by atomic mass is 79.9. The Morgan fingerprint density at radius 2 is 2.21 bits per heavy atom. The summed E-state index contributed by atoms with van der Waals surface area (Å²) < 4.78 is 6.25. The maximum Gasteiger partial charge on any atom is 0.289 e. The number of halogens is 1. The lowest BCUT2D eigenvalue weighted by Gasteiger charge is -2.15. The predicted octanol–water partition coefficient (Wildman–Crippen LogP) is 3.67. The van der Waals surface area contributed by atoms with Crippen LogP contribution in [0.25, 0.3) is 0 Å². The fourth-order valence-corrected chi connectivity index (χ4v) is 2.95. The Kier molecular flexibility index (Phi) is 3.42. The van der Waals surface area contributed by atoms with Gasteiger partial charge in [0.15, 0.2) is 5.76 Å². The van der Waals surface area contributed by atoms with E-state index in [9.17, 15) is 4.79 Å². The summed E-state index contributed by atoms with van der Waals surface area (Å²) in [6.45, 7) is 1.55. The van der Waals surface area contributed by atoms with E-state index in [4.69, 9.17) is 4.42 Å². The van der Waals surface area contributed by atoms with Crippen LogP contribution >= 0.6 is 15.9 Å². The van der Waals surface area contributed by atoms with Gasteiger partial charge in [-0.2, -0.15) is 0 Å². The largest absolute Gasteiger partial charge is 0.459 e. The average Bonchev–Trinajstić information content (AvgIpc) is 3.10. The van der Waals surface area contributed by atoms with Crippen molar-refractivity contribution in [3.8, 4) is 0 Å². The minimum absolute atomic E-state index is 0.0116. The summed E-state index contributed by atoms with van der Waals surface area (Å²) in [6, 6.07) is 11.8. The Hall–Kier alpha value is -1.55. The summed E-state index contributed by atoms with van der Waals surface area (Å²) in [5.74, 6) is 0.828. The molecule has 0 saturated carbocycles. The number of nitrogens with zero attached hydrogens (tertiary/aromatic N) is 1. The summed E-state index contributed by atoms with van der Waals surface area (Å²) >= 11 is 3.49. The van der Waals surface area contributed by atoms with Crippen molar-refractivity contribution < 1.29 is 9.21 Å². The van der Waals surface area contributed by atoms with Crippen LogP contribution in [0, 0.1) is 0 Å². The molecule has 98 valence electrons. The fourth-order valence-electron chi connectivity index (χ4n) is 2.53. The maximum absolute atomic E-state index is 12.2. The molecule has 1 aromatic carbocycles. The van der Waals surface area contributed by atoms with Gasteiger partial charge < -0.3 is 9.32 Å². The first-order valence-corrected chi connectivity index (χ1v) is 7.11. The lowest BCUT2D eigenvalue weighted by molar-refractivity contribution is 0.0759. The number of benzene rings is 1. The Labute approximate surface area is 120 Å². The number of likely N-dealkylation sites (tertiary alicyclic amines) is 1. The SMILES string of the molecule is O=C(c1ccco1)N1CCC(c2cccc(Br)c2)C1. The van der Waals surface area contributed by atoms with Gasteiger partial charge in [0, 0.05) is 23.5 Å². The second kappa shape index (κ2) is 5.21. The lowest BCUT2D eigenvalue weighted by atomic mass is 9.99. The van der Waals surface area contributed by atoms with Crippen LogP contribution in [0.15, 0.2) is 51.6 Å². The van der Waals surface area contributed by atoms with Crippen LogP contribution in [0.1, 0.15) is 28.5 Å². The Bertz CT molecular complexity index is 580. The molecule has 1 amide bonds. The number of carbonyl (C=O) groups is 1. The second-order valence-electron chi connectivity index (χ2n) is 4.77. The first-order chi connectivity index (χ1) is 9.24. The summed E-state index contributed by atoms with van der Waals surface area (Å²) in [7, 11) is 0. The van der Waals surface area contributed by atoms with Crippen LogP contribution in [-0.2, 0) is 0 Å². The molecule has 3 nitrogen and oxygen atoms in total. The summed E-state index contributed by atoms with van der Waals surface area (Å²) in [5, 5.41) is 0. The van der Waals surface area contributed by atoms with E-state index >= 15 is 0 Å². The van der Waals surface area contributed by atoms with E-state index in [1.54, 1.807) is 12.1 Å². The van der Waals surface area contributed by atoms with E-state index in [0.29, 0.717) is 11.7 Å². The Morgan fingerprint density at radius 1 is 1.32 bits per heavy atom. The third kappa shape index (κ3) is 2.59. The smallest absolute Gasteiger partial charge is 0.289 e. The summed E-state index contributed by atoms with van der Waals surface area (Å²) in [5.41, 5.74) is 1.28. The molecule has 0 spiro atoms. The molecule has 1 fully saturated rings. The molecule has 2 aromatic rings. The number of hydrogen-bond donors (Lipinski definition) is 0. The number of rotatable bonds is 2. The van der Waals surface area contributed by atoms with Crippen molar-refractivity contribution in [1.82, 2.24) is 4.90 Å². The molecule has 0 aliphatic carbocycles. The van der Waals surface area contributed by atoms with Crippen molar-refractivity contribution in [2.24, 2.45) is 0 Å². The summed E-state index contributed by atoms with van der Waals surface area (Å²) in [4.78, 5) is 14.0. The maximum atomic E-state index is 12.2. The van der Waals surface area contributed by atoms with Gasteiger partial charge in [-0.15, -0.1) is 0 Å². The second-order valence-corrected chi connectivity index (χ2v) is 5.68. The topological polar surface area (TPSA) is 33.5 Å². The van der Waals surface area contributed by atoms with Gasteiger partial charge in [0.05, 0.1) is 6.26 Å². The van der Waals surface area contributed by atoms with E-state index in [-0.39, 0.29) is 5.91 Å². The fraction of sp³-hybridized carbons (Fsp3) is 0.267. The molecule has 1 unspecified atom stereocenters. The molecule has 1 atom stereocenters. The molecule has 4 heteroatoms. The first-order valence-electron chi connectivity index (χ1n) is 6.32. The standard InChI is InChI=1S/C15H14BrNO2/c16-13-4-1-3-11(9-13)12-6-7-17(10-12)15(18)14-5-2-8-19-14/h1-5,8-9,12H,6-7,10H2. The van der Waals surface area contributed by atoms with Crippen molar-refractivity contribution in [3.05, 3.63) is 58.5 Å². The molecule has 0 N–H and O–H groups in total. The lowest BCUT2D eigenvalue weighted by Crippen LogP contribution is -2.28. The van der Waals surface area contributed by atoms with Crippen LogP contribution in [0.4, 0.5) is 0 Å². The van der Waals surface area contributed by atoms with Gasteiger partial charge in [-0.1, -0.05) is 28.1 Å². The molecule has 19 heavy (non-hydrogen) atoms. The molecular weight excluding hydrogens is 306 g/mol. The number of furan rings is 1. The van der Waals surface area contributed by atoms with Gasteiger partial charge in [-0.3, -0.25) is 4.79 Å². The van der Waals surface area contributed by atoms with Crippen molar-refractivity contribution in [1.29, 1.82) is 0 Å². The van der Waals surface area contributed by atoms with E-state index in [1.165, 1.54) is 11.8 Å². The normalized spacial score (nSPS) is 18.8. The molecule has 0 radical (unpaired) electrons. The van der Waals surface area contributed by atoms with Gasteiger partial charge in [-0.25, -0.2) is 0 Å². The highest BCUT2D eigenvalue weighted by Gasteiger charge is 2.29. The minimum Gasteiger partial charge on any atom is -0.459 e. The van der Waals surface area contributed by atoms with Gasteiger partial charge in [0.2, 0.25) is 0 Å². The van der Waals surface area contributed by atoms with Crippen LogP contribution in [0.5, 0.6) is 0 Å². The van der Waals surface area contributed by atoms with Crippen LogP contribution < -0.4 is 0 Å². The minimum atomic E-state index is -0.0116. The molecule has 0 bridgehead atoms. The molecule has 1 saturated heterocycles. The predicted molar refractivity (Wildman–Crippen MR) is 76.1 cm³/mol. The molecule has 1 aromatic heterocycles. The van der Waals surface area contributed by atoms with Crippen molar-refractivity contribution in [2.45, 2.75) is 12.3 Å². The van der Waals surface area contributed by atoms with Crippen molar-refractivity contribution >= 4 is 21.8 Å². The average molecular weight is 320 g/mol. The highest BCUT2D eigenvalue weighted by Crippen LogP contribution is 2.29. The molecule has 3 rings (SSSR count). The van der Waals surface area contributed by atoms with Gasteiger partial charge in [0.25, 0.3) is 5.91 Å². The van der Waals surface area contributed by atoms with Gasteiger partial charge in [-0.05, 0) is 36.2 Å². The van der Waals surface area contributed by atoms with E-state index in [0.717, 1.165) is 24.0 Å². The number of hydrogen-bond acceptors (Lipinski definition) is 2. The number of carbonyl (C=O) groups excluding carboxylic acids is 1. The van der Waals surface area contributed by atoms with Crippen molar-refractivity contribution in [3.63, 3.8) is 0 Å². The zero-order valence-electron chi connectivity index (χ0n) is 10.4. The van der Waals surface area contributed by atoms with E-state index in [1.807, 2.05) is 17.0 Å². The first kappa shape index (κ1) is 12.5. The Balaban J connectivity index is 1.72. The molecule has 1 aliphatic heterocycles. The Morgan fingerprint density at radius 3 is 2.95 bits per heavy atom. The van der Waals surface area contributed by atoms with Crippen molar-refractivity contribution in [2.75, 3.05) is 13.1 Å². The van der Waals surface area contributed by atoms with Gasteiger partial charge in [0.1, 0.15) is 0 Å². The third-order valence-electron chi connectivity index (χ3n) is 3.53. The molecule has 1 aliphatic rings. The van der Waals surface area contributed by atoms with Crippen LogP contribution in [0.3, 0.4) is 0 Å². The highest BCUT2D eigenvalue weighted by molar-refractivity contribution is 9.10.